The van der Waals surface area contributed by atoms with Gasteiger partial charge in [0.05, 0.1) is 0 Å². The first kappa shape index (κ1) is 11.4. The van der Waals surface area contributed by atoms with E-state index < -0.39 is 5.82 Å². The zero-order chi connectivity index (χ0) is 13.6. The van der Waals surface area contributed by atoms with Crippen LogP contribution in [0.3, 0.4) is 0 Å². The van der Waals surface area contributed by atoms with Crippen molar-refractivity contribution < 1.29 is 4.39 Å². The van der Waals surface area contributed by atoms with Crippen molar-refractivity contribution in [1.29, 1.82) is 0 Å². The van der Waals surface area contributed by atoms with Gasteiger partial charge in [-0.05, 0) is 25.1 Å². The van der Waals surface area contributed by atoms with Crippen molar-refractivity contribution in [2.75, 3.05) is 5.73 Å². The Hall–Kier alpha value is -2.70. The molecule has 0 spiro atoms. The highest BCUT2D eigenvalue weighted by atomic mass is 19.1. The van der Waals surface area contributed by atoms with Crippen molar-refractivity contribution in [3.8, 4) is 11.4 Å². The summed E-state index contributed by atoms with van der Waals surface area (Å²) in [7, 11) is 0. The third-order valence-corrected chi connectivity index (χ3v) is 2.73. The second-order valence-electron chi connectivity index (χ2n) is 4.17. The van der Waals surface area contributed by atoms with E-state index in [2.05, 4.69) is 15.1 Å². The van der Waals surface area contributed by atoms with Crippen LogP contribution in [-0.2, 0) is 0 Å². The summed E-state index contributed by atoms with van der Waals surface area (Å²) in [6.45, 7) is 1.71. The predicted molar refractivity (Wildman–Crippen MR) is 68.2 cm³/mol. The fourth-order valence-corrected chi connectivity index (χ4v) is 1.86. The monoisotopic (exact) mass is 259 g/mol. The number of nitrogens with one attached hydrogen (secondary N) is 1. The number of aromatic amines is 1. The number of anilines is 1. The van der Waals surface area contributed by atoms with E-state index in [4.69, 9.17) is 5.73 Å². The number of aryl methyl sites for hydroxylation is 1. The molecular formula is C12H10FN5O. The van der Waals surface area contributed by atoms with Crippen LogP contribution in [0.1, 0.15) is 5.69 Å². The second kappa shape index (κ2) is 3.91. The summed E-state index contributed by atoms with van der Waals surface area (Å²) in [6.07, 6.45) is 0. The Balaban J connectivity index is 2.26. The molecule has 0 bridgehead atoms. The molecule has 0 radical (unpaired) electrons. The van der Waals surface area contributed by atoms with Crippen molar-refractivity contribution in [3.63, 3.8) is 0 Å². The topological polar surface area (TPSA) is 89.1 Å². The van der Waals surface area contributed by atoms with E-state index in [1.807, 2.05) is 0 Å². The van der Waals surface area contributed by atoms with Crippen LogP contribution in [0.4, 0.5) is 10.1 Å². The van der Waals surface area contributed by atoms with Gasteiger partial charge in [-0.15, -0.1) is 0 Å². The number of hydrogen-bond donors (Lipinski definition) is 2. The predicted octanol–water partition coefficient (Wildman–Crippen LogP) is 1.11. The van der Waals surface area contributed by atoms with Gasteiger partial charge < -0.3 is 5.73 Å². The van der Waals surface area contributed by atoms with Crippen molar-refractivity contribution in [2.45, 2.75) is 6.92 Å². The summed E-state index contributed by atoms with van der Waals surface area (Å²) in [5.41, 5.74) is 6.81. The molecule has 0 fully saturated rings. The normalized spacial score (nSPS) is 11.1. The lowest BCUT2D eigenvalue weighted by atomic mass is 10.1. The van der Waals surface area contributed by atoms with Gasteiger partial charge in [0.2, 0.25) is 0 Å². The molecule has 6 nitrogen and oxygen atoms in total. The minimum Gasteiger partial charge on any atom is -0.398 e. The Morgan fingerprint density at radius 1 is 1.32 bits per heavy atom. The third kappa shape index (κ3) is 1.85. The van der Waals surface area contributed by atoms with Gasteiger partial charge in [0.1, 0.15) is 5.82 Å². The maximum Gasteiger partial charge on any atom is 0.274 e. The van der Waals surface area contributed by atoms with Crippen molar-refractivity contribution in [1.82, 2.24) is 19.6 Å². The van der Waals surface area contributed by atoms with Crippen LogP contribution in [0, 0.1) is 12.7 Å². The van der Waals surface area contributed by atoms with E-state index in [9.17, 15) is 9.18 Å². The number of nitrogen functional groups attached to an aromatic ring is 1. The summed E-state index contributed by atoms with van der Waals surface area (Å²) in [4.78, 5) is 20.1. The Morgan fingerprint density at radius 3 is 2.84 bits per heavy atom. The fraction of sp³-hybridized carbons (Fsp3) is 0.0833. The van der Waals surface area contributed by atoms with E-state index >= 15 is 0 Å². The zero-order valence-corrected chi connectivity index (χ0v) is 10.0. The number of fused-ring (bicyclic) bond motifs is 1. The van der Waals surface area contributed by atoms with Crippen LogP contribution >= 0.6 is 0 Å². The fourth-order valence-electron chi connectivity index (χ4n) is 1.86. The van der Waals surface area contributed by atoms with E-state index in [-0.39, 0.29) is 17.0 Å². The van der Waals surface area contributed by atoms with Gasteiger partial charge >= 0.3 is 0 Å². The molecule has 19 heavy (non-hydrogen) atoms. The first-order chi connectivity index (χ1) is 9.04. The third-order valence-electron chi connectivity index (χ3n) is 2.73. The molecule has 2 aromatic heterocycles. The minimum atomic E-state index is -0.427. The lowest BCUT2D eigenvalue weighted by Crippen LogP contribution is -2.14. The zero-order valence-electron chi connectivity index (χ0n) is 10.0. The van der Waals surface area contributed by atoms with Gasteiger partial charge in [0.15, 0.2) is 5.82 Å². The maximum atomic E-state index is 13.0. The molecule has 0 atom stereocenters. The van der Waals surface area contributed by atoms with Gasteiger partial charge in [0, 0.05) is 23.0 Å². The molecule has 0 aliphatic rings. The Bertz CT molecular complexity index is 836. The molecule has 96 valence electrons. The van der Waals surface area contributed by atoms with Crippen molar-refractivity contribution in [2.24, 2.45) is 0 Å². The molecule has 0 unspecified atom stereocenters. The lowest BCUT2D eigenvalue weighted by Gasteiger charge is -2.00. The molecule has 0 aliphatic heterocycles. The standard InChI is InChI=1S/C12H10FN5O/c1-6-4-10(19)18-12(15-6)16-11(17-18)8-3-2-7(13)5-9(8)14/h2-5H,14H2,1H3,(H,15,16,17). The molecule has 2 heterocycles. The SMILES string of the molecule is Cc1cc(=O)n2[nH]c(-c3ccc(F)cc3N)nc2n1. The summed E-state index contributed by atoms with van der Waals surface area (Å²) in [5, 5.41) is 2.80. The number of H-pyrrole nitrogens is 1. The maximum absolute atomic E-state index is 13.0. The smallest absolute Gasteiger partial charge is 0.274 e. The van der Waals surface area contributed by atoms with Crippen LogP contribution < -0.4 is 11.3 Å². The van der Waals surface area contributed by atoms with E-state index in [0.29, 0.717) is 17.1 Å². The molecule has 0 saturated heterocycles. The van der Waals surface area contributed by atoms with Crippen LogP contribution in [0.2, 0.25) is 0 Å². The molecule has 0 saturated carbocycles. The number of nitrogens with two attached hydrogens (primary N) is 1. The molecule has 3 N–H and O–H groups in total. The summed E-state index contributed by atoms with van der Waals surface area (Å²) in [5.74, 6) is 0.194. The molecular weight excluding hydrogens is 249 g/mol. The first-order valence-electron chi connectivity index (χ1n) is 5.56. The highest BCUT2D eigenvalue weighted by Crippen LogP contribution is 2.23. The molecule has 3 rings (SSSR count). The highest BCUT2D eigenvalue weighted by molar-refractivity contribution is 5.71. The van der Waals surface area contributed by atoms with Crippen LogP contribution in [0.5, 0.6) is 0 Å². The Labute approximate surface area is 106 Å². The van der Waals surface area contributed by atoms with E-state index in [1.165, 1.54) is 28.8 Å². The van der Waals surface area contributed by atoms with Gasteiger partial charge in [-0.25, -0.2) is 9.37 Å². The molecule has 1 aromatic carbocycles. The van der Waals surface area contributed by atoms with Crippen LogP contribution in [0.15, 0.2) is 29.1 Å². The molecule has 0 aliphatic carbocycles. The van der Waals surface area contributed by atoms with Crippen molar-refractivity contribution >= 4 is 11.5 Å². The number of benzene rings is 1. The first-order valence-corrected chi connectivity index (χ1v) is 5.56. The summed E-state index contributed by atoms with van der Waals surface area (Å²) in [6, 6.07) is 5.37. The van der Waals surface area contributed by atoms with Gasteiger partial charge in [-0.1, -0.05) is 0 Å². The van der Waals surface area contributed by atoms with Gasteiger partial charge in [-0.3, -0.25) is 9.89 Å². The summed E-state index contributed by atoms with van der Waals surface area (Å²) >= 11 is 0. The second-order valence-corrected chi connectivity index (χ2v) is 4.17. The Morgan fingerprint density at radius 2 is 2.11 bits per heavy atom. The number of rotatable bonds is 1. The van der Waals surface area contributed by atoms with E-state index in [1.54, 1.807) is 6.92 Å². The number of halogens is 1. The number of nitrogens with zero attached hydrogens (tertiary/aromatic N) is 3. The summed E-state index contributed by atoms with van der Waals surface area (Å²) < 4.78 is 14.2. The van der Waals surface area contributed by atoms with Crippen LogP contribution in [-0.4, -0.2) is 19.6 Å². The van der Waals surface area contributed by atoms with Gasteiger partial charge in [0.25, 0.3) is 11.3 Å². The van der Waals surface area contributed by atoms with Gasteiger partial charge in [-0.2, -0.15) is 9.50 Å². The number of hydrogen-bond acceptors (Lipinski definition) is 4. The quantitative estimate of drug-likeness (QED) is 0.641. The highest BCUT2D eigenvalue weighted by Gasteiger charge is 2.11. The minimum absolute atomic E-state index is 0.240. The molecule has 7 heteroatoms. The van der Waals surface area contributed by atoms with E-state index in [0.717, 1.165) is 0 Å². The Kier molecular flexibility index (Phi) is 2.34. The van der Waals surface area contributed by atoms with Crippen LogP contribution in [0.25, 0.3) is 17.2 Å². The average molecular weight is 259 g/mol. The number of aromatic nitrogens is 4. The average Bonchev–Trinajstić information content (AvgIpc) is 2.72. The molecule has 3 aromatic rings. The lowest BCUT2D eigenvalue weighted by molar-refractivity contribution is 0.628. The van der Waals surface area contributed by atoms with Crippen molar-refractivity contribution in [3.05, 3.63) is 46.1 Å². The largest absolute Gasteiger partial charge is 0.398 e. The molecule has 0 amide bonds.